The molecule has 0 spiro atoms. The standard InChI is InChI=1S/C25H27N3O6/c1-27-11-6-12-28(14-22(27)29)24(32)21(13-23(30)31)26-25(33)34-15-20-18-9-4-2-7-16(18)17-8-3-5-10-19(17)20/h2-5,7-10,20-21H,6,11-15H2,1H3,(H,26,33)(H,30,31). The summed E-state index contributed by atoms with van der Waals surface area (Å²) in [5, 5.41) is 11.7. The molecule has 9 nitrogen and oxygen atoms in total. The lowest BCUT2D eigenvalue weighted by molar-refractivity contribution is -0.143. The maximum Gasteiger partial charge on any atom is 0.407 e. The summed E-state index contributed by atoms with van der Waals surface area (Å²) in [4.78, 5) is 51.9. The van der Waals surface area contributed by atoms with Crippen molar-refractivity contribution in [1.82, 2.24) is 15.1 Å². The number of amides is 3. The number of nitrogens with zero attached hydrogens (tertiary/aromatic N) is 2. The van der Waals surface area contributed by atoms with Crippen LogP contribution in [0.5, 0.6) is 0 Å². The number of aliphatic carboxylic acids is 1. The second-order valence-electron chi connectivity index (χ2n) is 8.55. The zero-order valence-electron chi connectivity index (χ0n) is 18.9. The first-order valence-electron chi connectivity index (χ1n) is 11.2. The highest BCUT2D eigenvalue weighted by Gasteiger charge is 2.33. The zero-order chi connectivity index (χ0) is 24.2. The monoisotopic (exact) mass is 465 g/mol. The Balaban J connectivity index is 1.43. The van der Waals surface area contributed by atoms with E-state index in [0.29, 0.717) is 19.5 Å². The molecule has 1 saturated heterocycles. The predicted octanol–water partition coefficient (Wildman–Crippen LogP) is 2.06. The van der Waals surface area contributed by atoms with E-state index in [1.165, 1.54) is 9.80 Å². The molecule has 1 aliphatic heterocycles. The van der Waals surface area contributed by atoms with Gasteiger partial charge in [-0.25, -0.2) is 4.79 Å². The maximum absolute atomic E-state index is 13.0. The molecule has 1 heterocycles. The first-order chi connectivity index (χ1) is 16.3. The van der Waals surface area contributed by atoms with E-state index < -0.39 is 30.4 Å². The Morgan fingerprint density at radius 1 is 1.06 bits per heavy atom. The van der Waals surface area contributed by atoms with Gasteiger partial charge in [-0.1, -0.05) is 48.5 Å². The normalized spacial score (nSPS) is 16.3. The molecule has 1 fully saturated rings. The third-order valence-corrected chi connectivity index (χ3v) is 6.30. The van der Waals surface area contributed by atoms with Gasteiger partial charge in [-0.05, 0) is 28.7 Å². The van der Waals surface area contributed by atoms with Gasteiger partial charge in [-0.3, -0.25) is 14.4 Å². The first kappa shape index (κ1) is 23.3. The van der Waals surface area contributed by atoms with Crippen molar-refractivity contribution in [2.24, 2.45) is 0 Å². The van der Waals surface area contributed by atoms with E-state index in [0.717, 1.165) is 22.3 Å². The molecule has 2 aliphatic rings. The van der Waals surface area contributed by atoms with Gasteiger partial charge in [0.1, 0.15) is 12.6 Å². The summed E-state index contributed by atoms with van der Waals surface area (Å²) in [7, 11) is 1.65. The van der Waals surface area contributed by atoms with Crippen LogP contribution < -0.4 is 5.32 Å². The number of carbonyl (C=O) groups excluding carboxylic acids is 3. The summed E-state index contributed by atoms with van der Waals surface area (Å²) in [5.74, 6) is -2.25. The van der Waals surface area contributed by atoms with E-state index in [2.05, 4.69) is 5.32 Å². The summed E-state index contributed by atoms with van der Waals surface area (Å²) in [6.45, 7) is 0.697. The molecular weight excluding hydrogens is 438 g/mol. The van der Waals surface area contributed by atoms with E-state index in [-0.39, 0.29) is 25.0 Å². The molecule has 1 atom stereocenters. The Morgan fingerprint density at radius 2 is 1.68 bits per heavy atom. The van der Waals surface area contributed by atoms with Crippen molar-refractivity contribution < 1.29 is 29.0 Å². The molecule has 0 saturated carbocycles. The van der Waals surface area contributed by atoms with Crippen molar-refractivity contribution >= 4 is 23.9 Å². The van der Waals surface area contributed by atoms with Gasteiger partial charge < -0.3 is 25.0 Å². The fourth-order valence-corrected chi connectivity index (χ4v) is 4.55. The minimum absolute atomic E-state index is 0.0425. The Labute approximate surface area is 197 Å². The molecule has 2 aromatic carbocycles. The second-order valence-corrected chi connectivity index (χ2v) is 8.55. The van der Waals surface area contributed by atoms with Gasteiger partial charge in [0.05, 0.1) is 13.0 Å². The van der Waals surface area contributed by atoms with E-state index in [1.807, 2.05) is 48.5 Å². The maximum atomic E-state index is 13.0. The SMILES string of the molecule is CN1CCCN(C(=O)C(CC(=O)O)NC(=O)OCC2c3ccccc3-c3ccccc32)CC1=O. The molecule has 0 radical (unpaired) electrons. The van der Waals surface area contributed by atoms with Gasteiger partial charge in [0, 0.05) is 26.1 Å². The van der Waals surface area contributed by atoms with Crippen molar-refractivity contribution in [2.45, 2.75) is 24.8 Å². The summed E-state index contributed by atoms with van der Waals surface area (Å²) < 4.78 is 5.46. The summed E-state index contributed by atoms with van der Waals surface area (Å²) in [6, 6.07) is 14.5. The average Bonchev–Trinajstić information content (AvgIpc) is 3.04. The molecule has 2 N–H and O–H groups in total. The first-order valence-corrected chi connectivity index (χ1v) is 11.2. The number of hydrogen-bond donors (Lipinski definition) is 2. The van der Waals surface area contributed by atoms with Crippen molar-refractivity contribution in [3.8, 4) is 11.1 Å². The number of carboxylic acids is 1. The number of rotatable bonds is 6. The van der Waals surface area contributed by atoms with Crippen LogP contribution in [0.3, 0.4) is 0 Å². The number of hydrogen-bond acceptors (Lipinski definition) is 5. The Morgan fingerprint density at radius 3 is 2.29 bits per heavy atom. The number of fused-ring (bicyclic) bond motifs is 3. The van der Waals surface area contributed by atoms with Crippen LogP contribution in [0.25, 0.3) is 11.1 Å². The van der Waals surface area contributed by atoms with Crippen LogP contribution in [-0.4, -0.2) is 78.1 Å². The number of benzene rings is 2. The minimum Gasteiger partial charge on any atom is -0.481 e. The molecule has 9 heteroatoms. The molecular formula is C25H27N3O6. The van der Waals surface area contributed by atoms with E-state index in [4.69, 9.17) is 4.74 Å². The molecule has 0 bridgehead atoms. The highest BCUT2D eigenvalue weighted by molar-refractivity contribution is 5.92. The summed E-state index contributed by atoms with van der Waals surface area (Å²) in [5.41, 5.74) is 4.26. The largest absolute Gasteiger partial charge is 0.481 e. The van der Waals surface area contributed by atoms with E-state index in [9.17, 15) is 24.3 Å². The highest BCUT2D eigenvalue weighted by Crippen LogP contribution is 2.44. The van der Waals surface area contributed by atoms with E-state index in [1.54, 1.807) is 7.05 Å². The average molecular weight is 466 g/mol. The number of ether oxygens (including phenoxy) is 1. The van der Waals surface area contributed by atoms with E-state index >= 15 is 0 Å². The van der Waals surface area contributed by atoms with Gasteiger partial charge in [-0.15, -0.1) is 0 Å². The third kappa shape index (κ3) is 4.88. The number of likely N-dealkylation sites (N-methyl/N-ethyl adjacent to an activating group) is 1. The van der Waals surface area contributed by atoms with Crippen molar-refractivity contribution in [3.05, 3.63) is 59.7 Å². The molecule has 3 amide bonds. The van der Waals surface area contributed by atoms with Crippen LogP contribution in [0.15, 0.2) is 48.5 Å². The molecule has 2 aromatic rings. The van der Waals surface area contributed by atoms with Gasteiger partial charge in [0.15, 0.2) is 0 Å². The predicted molar refractivity (Wildman–Crippen MR) is 123 cm³/mol. The summed E-state index contributed by atoms with van der Waals surface area (Å²) in [6.07, 6.45) is -0.915. The molecule has 1 aliphatic carbocycles. The van der Waals surface area contributed by atoms with Gasteiger partial charge in [0.2, 0.25) is 11.8 Å². The number of nitrogens with one attached hydrogen (secondary N) is 1. The number of alkyl carbamates (subject to hydrolysis) is 1. The van der Waals surface area contributed by atoms with Gasteiger partial charge in [0.25, 0.3) is 0 Å². The quantitative estimate of drug-likeness (QED) is 0.675. The Bertz CT molecular complexity index is 1070. The van der Waals surface area contributed by atoms with Crippen LogP contribution in [0, 0.1) is 0 Å². The van der Waals surface area contributed by atoms with Crippen LogP contribution in [0.2, 0.25) is 0 Å². The fourth-order valence-electron chi connectivity index (χ4n) is 4.55. The minimum atomic E-state index is -1.33. The summed E-state index contributed by atoms with van der Waals surface area (Å²) >= 11 is 0. The molecule has 178 valence electrons. The van der Waals surface area contributed by atoms with Crippen molar-refractivity contribution in [2.75, 3.05) is 33.3 Å². The van der Waals surface area contributed by atoms with Crippen LogP contribution in [-0.2, 0) is 19.1 Å². The van der Waals surface area contributed by atoms with Gasteiger partial charge in [-0.2, -0.15) is 0 Å². The molecule has 34 heavy (non-hydrogen) atoms. The lowest BCUT2D eigenvalue weighted by Crippen LogP contribution is -2.51. The van der Waals surface area contributed by atoms with Crippen LogP contribution in [0.1, 0.15) is 29.9 Å². The molecule has 0 aromatic heterocycles. The smallest absolute Gasteiger partial charge is 0.407 e. The molecule has 1 unspecified atom stereocenters. The Hall–Kier alpha value is -3.88. The van der Waals surface area contributed by atoms with Gasteiger partial charge >= 0.3 is 12.1 Å². The second kappa shape index (κ2) is 9.94. The van der Waals surface area contributed by atoms with Crippen molar-refractivity contribution in [3.63, 3.8) is 0 Å². The highest BCUT2D eigenvalue weighted by atomic mass is 16.5. The third-order valence-electron chi connectivity index (χ3n) is 6.30. The van der Waals surface area contributed by atoms with Crippen molar-refractivity contribution in [1.29, 1.82) is 0 Å². The Kier molecular flexibility index (Phi) is 6.81. The van der Waals surface area contributed by atoms with Crippen LogP contribution >= 0.6 is 0 Å². The topological polar surface area (TPSA) is 116 Å². The number of carboxylic acid groups (broad SMARTS) is 1. The van der Waals surface area contributed by atoms with Crippen LogP contribution in [0.4, 0.5) is 4.79 Å². The zero-order valence-corrected chi connectivity index (χ0v) is 18.9. The lowest BCUT2D eigenvalue weighted by Gasteiger charge is -2.25. The number of carbonyl (C=O) groups is 4. The fraction of sp³-hybridized carbons (Fsp3) is 0.360. The molecule has 4 rings (SSSR count). The lowest BCUT2D eigenvalue weighted by atomic mass is 9.98.